The van der Waals surface area contributed by atoms with Crippen LogP contribution in [0, 0.1) is 12.3 Å². The number of hydrogen-bond acceptors (Lipinski definition) is 3. The third kappa shape index (κ3) is 1.77. The van der Waals surface area contributed by atoms with Crippen molar-refractivity contribution < 1.29 is 4.79 Å². The van der Waals surface area contributed by atoms with Gasteiger partial charge < -0.3 is 0 Å². The highest BCUT2D eigenvalue weighted by atomic mass is 32.2. The molecule has 1 heterocycles. The Balaban J connectivity index is 2.35. The van der Waals surface area contributed by atoms with Crippen LogP contribution in [0.1, 0.15) is 12.5 Å². The number of benzene rings is 1. The summed E-state index contributed by atoms with van der Waals surface area (Å²) in [6, 6.07) is 7.65. The van der Waals surface area contributed by atoms with Gasteiger partial charge in [-0.05, 0) is 26.0 Å². The Kier molecular flexibility index (Phi) is 2.52. The van der Waals surface area contributed by atoms with Crippen LogP contribution >= 0.6 is 11.8 Å². The monoisotopic (exact) mass is 220 g/mol. The first-order valence-corrected chi connectivity index (χ1v) is 5.63. The SMILES string of the molecule is Cc1ccc(N2C(=N)SC(C)C2=O)cc1. The van der Waals surface area contributed by atoms with Crippen molar-refractivity contribution in [3.05, 3.63) is 29.8 Å². The summed E-state index contributed by atoms with van der Waals surface area (Å²) < 4.78 is 0. The lowest BCUT2D eigenvalue weighted by atomic mass is 10.2. The van der Waals surface area contributed by atoms with Crippen LogP contribution in [0.2, 0.25) is 0 Å². The number of nitrogens with zero attached hydrogens (tertiary/aromatic N) is 1. The summed E-state index contributed by atoms with van der Waals surface area (Å²) in [5, 5.41) is 7.90. The average molecular weight is 220 g/mol. The predicted octanol–water partition coefficient (Wildman–Crippen LogP) is 2.40. The van der Waals surface area contributed by atoms with Gasteiger partial charge in [-0.3, -0.25) is 15.1 Å². The molecular weight excluding hydrogens is 208 g/mol. The van der Waals surface area contributed by atoms with E-state index in [0.717, 1.165) is 11.3 Å². The number of aryl methyl sites for hydroxylation is 1. The van der Waals surface area contributed by atoms with E-state index in [1.54, 1.807) is 0 Å². The first-order valence-electron chi connectivity index (χ1n) is 4.75. The summed E-state index contributed by atoms with van der Waals surface area (Å²) in [6.45, 7) is 3.83. The molecule has 0 spiro atoms. The number of carbonyl (C=O) groups excluding carboxylic acids is 1. The normalized spacial score (nSPS) is 21.2. The molecule has 1 fully saturated rings. The lowest BCUT2D eigenvalue weighted by Gasteiger charge is -2.15. The molecule has 0 aromatic heterocycles. The van der Waals surface area contributed by atoms with Gasteiger partial charge in [-0.15, -0.1) is 0 Å². The number of rotatable bonds is 1. The van der Waals surface area contributed by atoms with Crippen molar-refractivity contribution in [2.24, 2.45) is 0 Å². The van der Waals surface area contributed by atoms with Crippen molar-refractivity contribution in [1.82, 2.24) is 0 Å². The molecule has 1 aromatic carbocycles. The third-order valence-electron chi connectivity index (χ3n) is 2.35. The maximum absolute atomic E-state index is 11.8. The van der Waals surface area contributed by atoms with E-state index < -0.39 is 0 Å². The molecule has 0 bridgehead atoms. The molecule has 1 saturated heterocycles. The van der Waals surface area contributed by atoms with Gasteiger partial charge in [-0.25, -0.2) is 0 Å². The summed E-state index contributed by atoms with van der Waals surface area (Å²) in [5.41, 5.74) is 1.94. The van der Waals surface area contributed by atoms with Crippen LogP contribution in [-0.4, -0.2) is 16.3 Å². The molecule has 1 N–H and O–H groups in total. The van der Waals surface area contributed by atoms with Gasteiger partial charge in [0.15, 0.2) is 5.17 Å². The molecule has 0 aliphatic carbocycles. The summed E-state index contributed by atoms with van der Waals surface area (Å²) in [7, 11) is 0. The Morgan fingerprint density at radius 2 is 1.93 bits per heavy atom. The Hall–Kier alpha value is -1.29. The minimum Gasteiger partial charge on any atom is -0.278 e. The Bertz CT molecular complexity index is 413. The van der Waals surface area contributed by atoms with Gasteiger partial charge in [-0.2, -0.15) is 0 Å². The summed E-state index contributed by atoms with van der Waals surface area (Å²) in [6.07, 6.45) is 0. The molecular formula is C11H12N2OS. The molecule has 15 heavy (non-hydrogen) atoms. The van der Waals surface area contributed by atoms with E-state index in [9.17, 15) is 4.79 Å². The number of amidine groups is 1. The van der Waals surface area contributed by atoms with Gasteiger partial charge in [0.25, 0.3) is 0 Å². The zero-order valence-electron chi connectivity index (χ0n) is 8.65. The second kappa shape index (κ2) is 3.70. The third-order valence-corrected chi connectivity index (χ3v) is 3.31. The first-order chi connectivity index (χ1) is 7.09. The fourth-order valence-electron chi connectivity index (χ4n) is 1.49. The minimum atomic E-state index is -0.140. The topological polar surface area (TPSA) is 44.2 Å². The van der Waals surface area contributed by atoms with Gasteiger partial charge in [0, 0.05) is 0 Å². The Morgan fingerprint density at radius 1 is 1.33 bits per heavy atom. The highest BCUT2D eigenvalue weighted by molar-refractivity contribution is 8.16. The highest BCUT2D eigenvalue weighted by Gasteiger charge is 2.34. The van der Waals surface area contributed by atoms with Crippen LogP contribution in [0.3, 0.4) is 0 Å². The van der Waals surface area contributed by atoms with Crippen molar-refractivity contribution in [2.45, 2.75) is 19.1 Å². The molecule has 2 rings (SSSR count). The van der Waals surface area contributed by atoms with Crippen LogP contribution < -0.4 is 4.90 Å². The molecule has 4 heteroatoms. The van der Waals surface area contributed by atoms with Crippen LogP contribution in [0.4, 0.5) is 5.69 Å². The molecule has 1 unspecified atom stereocenters. The van der Waals surface area contributed by atoms with Crippen LogP contribution in [-0.2, 0) is 4.79 Å². The number of thioether (sulfide) groups is 1. The van der Waals surface area contributed by atoms with Gasteiger partial charge in [0.05, 0.1) is 10.9 Å². The van der Waals surface area contributed by atoms with Gasteiger partial charge in [0.1, 0.15) is 0 Å². The van der Waals surface area contributed by atoms with Crippen LogP contribution in [0.5, 0.6) is 0 Å². The van der Waals surface area contributed by atoms with Crippen molar-refractivity contribution >= 4 is 28.5 Å². The van der Waals surface area contributed by atoms with Gasteiger partial charge in [0.2, 0.25) is 5.91 Å². The smallest absolute Gasteiger partial charge is 0.246 e. The number of hydrogen-bond donors (Lipinski definition) is 1. The lowest BCUT2D eigenvalue weighted by molar-refractivity contribution is -0.116. The second-order valence-corrected chi connectivity index (χ2v) is 4.90. The molecule has 0 saturated carbocycles. The van der Waals surface area contributed by atoms with E-state index in [4.69, 9.17) is 5.41 Å². The fraction of sp³-hybridized carbons (Fsp3) is 0.273. The second-order valence-electron chi connectivity index (χ2n) is 3.57. The molecule has 1 aliphatic rings. The fourth-order valence-corrected chi connectivity index (χ4v) is 2.33. The standard InChI is InChI=1S/C11H12N2OS/c1-7-3-5-9(6-4-7)13-10(14)8(2)15-11(13)12/h3-6,8,12H,1-2H3. The Labute approximate surface area is 93.0 Å². The van der Waals surface area contributed by atoms with Crippen molar-refractivity contribution in [3.63, 3.8) is 0 Å². The van der Waals surface area contributed by atoms with Crippen LogP contribution in [0.15, 0.2) is 24.3 Å². The van der Waals surface area contributed by atoms with E-state index in [1.165, 1.54) is 16.7 Å². The average Bonchev–Trinajstić information content (AvgIpc) is 2.44. The lowest BCUT2D eigenvalue weighted by Crippen LogP contribution is -2.30. The quantitative estimate of drug-likeness (QED) is 0.789. The van der Waals surface area contributed by atoms with E-state index in [-0.39, 0.29) is 11.2 Å². The highest BCUT2D eigenvalue weighted by Crippen LogP contribution is 2.30. The molecule has 1 aromatic rings. The van der Waals surface area contributed by atoms with Crippen molar-refractivity contribution in [1.29, 1.82) is 5.41 Å². The predicted molar refractivity (Wildman–Crippen MR) is 63.4 cm³/mol. The van der Waals surface area contributed by atoms with E-state index in [0.29, 0.717) is 5.17 Å². The van der Waals surface area contributed by atoms with E-state index >= 15 is 0 Å². The van der Waals surface area contributed by atoms with Gasteiger partial charge >= 0.3 is 0 Å². The number of carbonyl (C=O) groups is 1. The first kappa shape index (κ1) is 10.2. The zero-order valence-corrected chi connectivity index (χ0v) is 9.47. The van der Waals surface area contributed by atoms with Crippen molar-refractivity contribution in [2.75, 3.05) is 4.90 Å². The molecule has 1 aliphatic heterocycles. The maximum atomic E-state index is 11.8. The molecule has 78 valence electrons. The number of amides is 1. The summed E-state index contributed by atoms with van der Waals surface area (Å²) >= 11 is 1.30. The summed E-state index contributed by atoms with van der Waals surface area (Å²) in [5.74, 6) is -0.00569. The van der Waals surface area contributed by atoms with E-state index in [1.807, 2.05) is 38.1 Å². The molecule has 3 nitrogen and oxygen atoms in total. The minimum absolute atomic E-state index is 0.00569. The summed E-state index contributed by atoms with van der Waals surface area (Å²) in [4.78, 5) is 13.2. The molecule has 0 radical (unpaired) electrons. The number of anilines is 1. The molecule has 1 atom stereocenters. The van der Waals surface area contributed by atoms with E-state index in [2.05, 4.69) is 0 Å². The number of nitrogens with one attached hydrogen (secondary N) is 1. The maximum Gasteiger partial charge on any atom is 0.246 e. The van der Waals surface area contributed by atoms with Crippen LogP contribution in [0.25, 0.3) is 0 Å². The largest absolute Gasteiger partial charge is 0.278 e. The van der Waals surface area contributed by atoms with Crippen molar-refractivity contribution in [3.8, 4) is 0 Å². The van der Waals surface area contributed by atoms with Gasteiger partial charge in [-0.1, -0.05) is 29.5 Å². The Morgan fingerprint density at radius 3 is 2.40 bits per heavy atom. The zero-order chi connectivity index (χ0) is 11.0. The molecule has 1 amide bonds.